The molecule has 1 rings (SSSR count). The molecule has 0 radical (unpaired) electrons. The molecule has 8 nitrogen and oxygen atoms in total. The van der Waals surface area contributed by atoms with E-state index in [2.05, 4.69) is 4.72 Å². The monoisotopic (exact) mass is 302 g/mol. The summed E-state index contributed by atoms with van der Waals surface area (Å²) in [6, 6.07) is 3.97. The molecule has 0 bridgehead atoms. The van der Waals surface area contributed by atoms with Crippen LogP contribution in [0.5, 0.6) is 0 Å². The number of aromatic carboxylic acids is 1. The summed E-state index contributed by atoms with van der Waals surface area (Å²) in [6.45, 7) is 0.897. The highest BCUT2D eigenvalue weighted by Gasteiger charge is 2.21. The number of hydrogen-bond donors (Lipinski definition) is 3. The SMILES string of the molecule is Cc1ccc(C(=O)O)cc1NS(=O)(=O)N(C)CC(=O)O. The minimum atomic E-state index is -4.06. The third-order valence-electron chi connectivity index (χ3n) is 2.49. The van der Waals surface area contributed by atoms with Gasteiger partial charge in [0.25, 0.3) is 0 Å². The minimum Gasteiger partial charge on any atom is -0.480 e. The van der Waals surface area contributed by atoms with Crippen molar-refractivity contribution in [3.8, 4) is 0 Å². The second kappa shape index (κ2) is 5.88. The Morgan fingerprint density at radius 3 is 2.40 bits per heavy atom. The Bertz CT molecular complexity index is 640. The fraction of sp³-hybridized carbons (Fsp3) is 0.273. The Labute approximate surface area is 115 Å². The van der Waals surface area contributed by atoms with E-state index in [-0.39, 0.29) is 11.3 Å². The van der Waals surface area contributed by atoms with Gasteiger partial charge in [-0.1, -0.05) is 6.07 Å². The molecule has 0 heterocycles. The zero-order valence-corrected chi connectivity index (χ0v) is 11.6. The number of carboxylic acids is 2. The standard InChI is InChI=1S/C11H14N2O6S/c1-7-3-4-8(11(16)17)5-9(7)12-20(18,19)13(2)6-10(14)15/h3-5,12H,6H2,1-2H3,(H,14,15)(H,16,17). The number of benzene rings is 1. The van der Waals surface area contributed by atoms with Crippen LogP contribution in [0.25, 0.3) is 0 Å². The van der Waals surface area contributed by atoms with E-state index in [1.165, 1.54) is 18.2 Å². The first-order valence-corrected chi connectivity index (χ1v) is 6.87. The highest BCUT2D eigenvalue weighted by Crippen LogP contribution is 2.19. The van der Waals surface area contributed by atoms with Gasteiger partial charge in [-0.2, -0.15) is 12.7 Å². The van der Waals surface area contributed by atoms with Crippen LogP contribution in [0.2, 0.25) is 0 Å². The molecule has 0 aliphatic carbocycles. The van der Waals surface area contributed by atoms with Crippen molar-refractivity contribution in [3.63, 3.8) is 0 Å². The van der Waals surface area contributed by atoms with E-state index >= 15 is 0 Å². The largest absolute Gasteiger partial charge is 0.480 e. The summed E-state index contributed by atoms with van der Waals surface area (Å²) in [7, 11) is -2.96. The first-order valence-electron chi connectivity index (χ1n) is 5.43. The Kier molecular flexibility index (Phi) is 4.69. The van der Waals surface area contributed by atoms with Gasteiger partial charge in [0.15, 0.2) is 0 Å². The first kappa shape index (κ1) is 15.9. The molecule has 1 aromatic carbocycles. The van der Waals surface area contributed by atoms with Crippen molar-refractivity contribution in [2.75, 3.05) is 18.3 Å². The van der Waals surface area contributed by atoms with Crippen molar-refractivity contribution in [2.45, 2.75) is 6.92 Å². The highest BCUT2D eigenvalue weighted by atomic mass is 32.2. The average molecular weight is 302 g/mol. The van der Waals surface area contributed by atoms with Crippen LogP contribution in [0.4, 0.5) is 5.69 Å². The van der Waals surface area contributed by atoms with Crippen LogP contribution in [-0.2, 0) is 15.0 Å². The normalized spacial score (nSPS) is 11.3. The van der Waals surface area contributed by atoms with Gasteiger partial charge in [-0.05, 0) is 24.6 Å². The lowest BCUT2D eigenvalue weighted by molar-refractivity contribution is -0.137. The predicted octanol–water partition coefficient (Wildman–Crippen LogP) is 0.366. The fourth-order valence-electron chi connectivity index (χ4n) is 1.36. The van der Waals surface area contributed by atoms with Crippen molar-refractivity contribution < 1.29 is 28.2 Å². The van der Waals surface area contributed by atoms with Crippen LogP contribution in [0.1, 0.15) is 15.9 Å². The van der Waals surface area contributed by atoms with Crippen LogP contribution in [0, 0.1) is 6.92 Å². The lowest BCUT2D eigenvalue weighted by Crippen LogP contribution is -2.36. The number of carboxylic acid groups (broad SMARTS) is 2. The van der Waals surface area contributed by atoms with Crippen molar-refractivity contribution in [1.29, 1.82) is 0 Å². The third kappa shape index (κ3) is 3.93. The summed E-state index contributed by atoms with van der Waals surface area (Å²) in [4.78, 5) is 21.4. The lowest BCUT2D eigenvalue weighted by atomic mass is 10.1. The van der Waals surface area contributed by atoms with Crippen molar-refractivity contribution in [1.82, 2.24) is 4.31 Å². The quantitative estimate of drug-likeness (QED) is 0.697. The van der Waals surface area contributed by atoms with Gasteiger partial charge in [-0.3, -0.25) is 9.52 Å². The zero-order valence-electron chi connectivity index (χ0n) is 10.8. The molecule has 20 heavy (non-hydrogen) atoms. The van der Waals surface area contributed by atoms with Crippen molar-refractivity contribution in [2.24, 2.45) is 0 Å². The summed E-state index contributed by atoms with van der Waals surface area (Å²) in [5, 5.41) is 17.4. The van der Waals surface area contributed by atoms with E-state index in [0.29, 0.717) is 9.87 Å². The second-order valence-corrected chi connectivity index (χ2v) is 5.87. The summed E-state index contributed by atoms with van der Waals surface area (Å²) in [5.41, 5.74) is 0.527. The molecule has 0 saturated heterocycles. The first-order chi connectivity index (χ1) is 9.13. The molecule has 0 amide bonds. The van der Waals surface area contributed by atoms with Crippen LogP contribution < -0.4 is 4.72 Å². The van der Waals surface area contributed by atoms with E-state index in [9.17, 15) is 18.0 Å². The van der Waals surface area contributed by atoms with Gasteiger partial charge < -0.3 is 10.2 Å². The van der Waals surface area contributed by atoms with Gasteiger partial charge in [0.05, 0.1) is 11.3 Å². The topological polar surface area (TPSA) is 124 Å². The van der Waals surface area contributed by atoms with Crippen LogP contribution in [0.15, 0.2) is 18.2 Å². The van der Waals surface area contributed by atoms with E-state index in [4.69, 9.17) is 10.2 Å². The maximum absolute atomic E-state index is 11.9. The van der Waals surface area contributed by atoms with Crippen LogP contribution >= 0.6 is 0 Å². The number of rotatable bonds is 6. The van der Waals surface area contributed by atoms with E-state index in [1.54, 1.807) is 6.92 Å². The summed E-state index contributed by atoms with van der Waals surface area (Å²) < 4.78 is 26.5. The van der Waals surface area contributed by atoms with Gasteiger partial charge >= 0.3 is 22.1 Å². The molecule has 0 saturated carbocycles. The Hall–Kier alpha value is -2.13. The molecule has 0 aliphatic heterocycles. The number of hydrogen-bond acceptors (Lipinski definition) is 4. The number of aryl methyl sites for hydroxylation is 1. The molecule has 3 N–H and O–H groups in total. The Balaban J connectivity index is 3.06. The molecule has 0 unspecified atom stereocenters. The number of carbonyl (C=O) groups is 2. The average Bonchev–Trinajstić information content (AvgIpc) is 2.30. The number of aliphatic carboxylic acids is 1. The van der Waals surface area contributed by atoms with Crippen LogP contribution in [-0.4, -0.2) is 48.5 Å². The Morgan fingerprint density at radius 1 is 1.30 bits per heavy atom. The molecule has 1 aromatic rings. The second-order valence-electron chi connectivity index (χ2n) is 4.09. The van der Waals surface area contributed by atoms with Gasteiger partial charge in [0.2, 0.25) is 0 Å². The molecule has 0 aromatic heterocycles. The minimum absolute atomic E-state index is 0.0748. The van der Waals surface area contributed by atoms with Gasteiger partial charge in [-0.25, -0.2) is 4.79 Å². The molecule has 9 heteroatoms. The van der Waals surface area contributed by atoms with Crippen LogP contribution in [0.3, 0.4) is 0 Å². The zero-order chi connectivity index (χ0) is 15.5. The molecule has 0 fully saturated rings. The predicted molar refractivity (Wildman–Crippen MR) is 70.9 cm³/mol. The lowest BCUT2D eigenvalue weighted by Gasteiger charge is -2.17. The molecule has 0 atom stereocenters. The number of likely N-dealkylation sites (N-methyl/N-ethyl adjacent to an activating group) is 1. The molecular formula is C11H14N2O6S. The highest BCUT2D eigenvalue weighted by molar-refractivity contribution is 7.90. The maximum Gasteiger partial charge on any atom is 0.335 e. The molecule has 110 valence electrons. The van der Waals surface area contributed by atoms with Gasteiger partial charge in [0.1, 0.15) is 6.54 Å². The van der Waals surface area contributed by atoms with Crippen molar-refractivity contribution >= 4 is 27.8 Å². The summed E-state index contributed by atoms with van der Waals surface area (Å²) in [6.07, 6.45) is 0. The maximum atomic E-state index is 11.9. The fourth-order valence-corrected chi connectivity index (χ4v) is 2.29. The number of nitrogens with one attached hydrogen (secondary N) is 1. The molecule has 0 spiro atoms. The van der Waals surface area contributed by atoms with Crippen molar-refractivity contribution in [3.05, 3.63) is 29.3 Å². The molecule has 0 aliphatic rings. The summed E-state index contributed by atoms with van der Waals surface area (Å²) >= 11 is 0. The number of anilines is 1. The third-order valence-corrected chi connectivity index (χ3v) is 3.92. The van der Waals surface area contributed by atoms with E-state index in [1.807, 2.05) is 0 Å². The van der Waals surface area contributed by atoms with E-state index < -0.39 is 28.7 Å². The smallest absolute Gasteiger partial charge is 0.335 e. The van der Waals surface area contributed by atoms with Gasteiger partial charge in [-0.15, -0.1) is 0 Å². The molecular weight excluding hydrogens is 288 g/mol. The Morgan fingerprint density at radius 2 is 1.90 bits per heavy atom. The van der Waals surface area contributed by atoms with E-state index in [0.717, 1.165) is 7.05 Å². The number of nitrogens with zero attached hydrogens (tertiary/aromatic N) is 1. The van der Waals surface area contributed by atoms with Gasteiger partial charge in [0, 0.05) is 7.05 Å². The summed E-state index contributed by atoms with van der Waals surface area (Å²) in [5.74, 6) is -2.49.